The van der Waals surface area contributed by atoms with Gasteiger partial charge in [-0.1, -0.05) is 12.1 Å². The van der Waals surface area contributed by atoms with Crippen LogP contribution in [-0.2, 0) is 4.79 Å². The normalized spacial score (nSPS) is 17.5. The Balaban J connectivity index is 1.51. The van der Waals surface area contributed by atoms with Crippen LogP contribution in [0, 0.1) is 6.92 Å². The molecule has 0 saturated carbocycles. The monoisotopic (exact) mass is 427 g/mol. The molecule has 0 unspecified atom stereocenters. The number of carbonyl (C=O) groups excluding carboxylic acids is 2. The molecule has 2 amide bonds. The van der Waals surface area contributed by atoms with Gasteiger partial charge < -0.3 is 20.1 Å². The van der Waals surface area contributed by atoms with Crippen LogP contribution >= 0.6 is 0 Å². The fraction of sp³-hybridized carbons (Fsp3) is 0.240. The molecular formula is C25H25N5O2. The SMILES string of the molecule is Cc1cc(C(=O)N2CCN(C)CC2)[nH]c1C=C1C(=O)Nc2cccc(-c3ccncc3)c21. The molecular weight excluding hydrogens is 402 g/mol. The van der Waals surface area contributed by atoms with Gasteiger partial charge in [0.2, 0.25) is 0 Å². The Bertz CT molecular complexity index is 1220. The van der Waals surface area contributed by atoms with Gasteiger partial charge in [-0.25, -0.2) is 0 Å². The first kappa shape index (κ1) is 20.2. The Labute approximate surface area is 186 Å². The molecule has 5 rings (SSSR count). The zero-order valence-electron chi connectivity index (χ0n) is 18.2. The minimum absolute atomic E-state index is 0.000372. The van der Waals surface area contributed by atoms with Crippen LogP contribution in [-0.4, -0.2) is 64.8 Å². The number of nitrogens with one attached hydrogen (secondary N) is 2. The lowest BCUT2D eigenvalue weighted by atomic mass is 9.95. The lowest BCUT2D eigenvalue weighted by Crippen LogP contribution is -2.47. The summed E-state index contributed by atoms with van der Waals surface area (Å²) in [6.07, 6.45) is 5.34. The van der Waals surface area contributed by atoms with Crippen molar-refractivity contribution in [3.63, 3.8) is 0 Å². The summed E-state index contributed by atoms with van der Waals surface area (Å²) in [5.74, 6) is -0.151. The first-order valence-electron chi connectivity index (χ1n) is 10.8. The number of anilines is 1. The number of hydrogen-bond donors (Lipinski definition) is 2. The number of carbonyl (C=O) groups is 2. The number of benzene rings is 1. The van der Waals surface area contributed by atoms with Crippen molar-refractivity contribution in [1.82, 2.24) is 19.8 Å². The van der Waals surface area contributed by atoms with Crippen LogP contribution in [0.5, 0.6) is 0 Å². The summed E-state index contributed by atoms with van der Waals surface area (Å²) in [7, 11) is 2.07. The zero-order chi connectivity index (χ0) is 22.2. The number of amides is 2. The summed E-state index contributed by atoms with van der Waals surface area (Å²) in [6, 6.07) is 11.6. The first-order valence-corrected chi connectivity index (χ1v) is 10.8. The van der Waals surface area contributed by atoms with Gasteiger partial charge in [0.15, 0.2) is 0 Å². The Morgan fingerprint density at radius 3 is 2.59 bits per heavy atom. The Morgan fingerprint density at radius 2 is 1.84 bits per heavy atom. The van der Waals surface area contributed by atoms with Crippen LogP contribution in [0.25, 0.3) is 22.8 Å². The third-order valence-corrected chi connectivity index (χ3v) is 6.18. The third kappa shape index (κ3) is 3.61. The van der Waals surface area contributed by atoms with E-state index in [0.717, 1.165) is 59.8 Å². The highest BCUT2D eigenvalue weighted by Crippen LogP contribution is 2.40. The van der Waals surface area contributed by atoms with E-state index in [1.54, 1.807) is 12.4 Å². The number of likely N-dealkylation sites (N-methyl/N-ethyl adjacent to an activating group) is 1. The maximum atomic E-state index is 13.0. The predicted octanol–water partition coefficient (Wildman–Crippen LogP) is 3.27. The Kier molecular flexibility index (Phi) is 5.11. The largest absolute Gasteiger partial charge is 0.351 e. The highest BCUT2D eigenvalue weighted by atomic mass is 16.2. The van der Waals surface area contributed by atoms with Gasteiger partial charge in [-0.15, -0.1) is 0 Å². The van der Waals surface area contributed by atoms with Crippen molar-refractivity contribution in [3.8, 4) is 11.1 Å². The van der Waals surface area contributed by atoms with E-state index in [9.17, 15) is 9.59 Å². The minimum atomic E-state index is -0.151. The second-order valence-electron chi connectivity index (χ2n) is 8.35. The van der Waals surface area contributed by atoms with Crippen molar-refractivity contribution in [1.29, 1.82) is 0 Å². The molecule has 1 saturated heterocycles. The summed E-state index contributed by atoms with van der Waals surface area (Å²) < 4.78 is 0. The van der Waals surface area contributed by atoms with E-state index in [0.29, 0.717) is 11.3 Å². The second-order valence-corrected chi connectivity index (χ2v) is 8.35. The minimum Gasteiger partial charge on any atom is -0.351 e. The fourth-order valence-electron chi connectivity index (χ4n) is 4.32. The molecule has 1 fully saturated rings. The number of piperazine rings is 1. The van der Waals surface area contributed by atoms with Gasteiger partial charge in [-0.3, -0.25) is 14.6 Å². The molecule has 0 radical (unpaired) electrons. The van der Waals surface area contributed by atoms with Gasteiger partial charge in [0.25, 0.3) is 11.8 Å². The molecule has 0 bridgehead atoms. The summed E-state index contributed by atoms with van der Waals surface area (Å²) in [4.78, 5) is 37.3. The third-order valence-electron chi connectivity index (χ3n) is 6.18. The van der Waals surface area contributed by atoms with E-state index in [1.165, 1.54) is 0 Å². The molecule has 7 heteroatoms. The predicted molar refractivity (Wildman–Crippen MR) is 125 cm³/mol. The number of fused-ring (bicyclic) bond motifs is 1. The molecule has 2 aliphatic rings. The average Bonchev–Trinajstić information content (AvgIpc) is 3.34. The number of aryl methyl sites for hydroxylation is 1. The van der Waals surface area contributed by atoms with Crippen LogP contribution in [0.2, 0.25) is 0 Å². The highest BCUT2D eigenvalue weighted by molar-refractivity contribution is 6.36. The van der Waals surface area contributed by atoms with Gasteiger partial charge >= 0.3 is 0 Å². The molecule has 162 valence electrons. The fourth-order valence-corrected chi connectivity index (χ4v) is 4.32. The highest BCUT2D eigenvalue weighted by Gasteiger charge is 2.28. The molecule has 2 N–H and O–H groups in total. The number of aromatic amines is 1. The molecule has 0 atom stereocenters. The average molecular weight is 428 g/mol. The van der Waals surface area contributed by atoms with Crippen LogP contribution in [0.15, 0.2) is 48.8 Å². The van der Waals surface area contributed by atoms with Gasteiger partial charge in [0, 0.05) is 55.5 Å². The topological polar surface area (TPSA) is 81.3 Å². The van der Waals surface area contributed by atoms with E-state index in [2.05, 4.69) is 27.2 Å². The standard InChI is InChI=1S/C25H25N5O2/c1-16-14-22(25(32)30-12-10-29(2)11-13-30)27-21(16)15-19-23-18(17-6-8-26-9-7-17)4-3-5-20(23)28-24(19)31/h3-9,14-15,27H,10-13H2,1-2H3,(H,28,31). The quantitative estimate of drug-likeness (QED) is 0.629. The molecule has 0 spiro atoms. The van der Waals surface area contributed by atoms with Gasteiger partial charge in [0.05, 0.1) is 5.57 Å². The van der Waals surface area contributed by atoms with Crippen LogP contribution in [0.4, 0.5) is 5.69 Å². The van der Waals surface area contributed by atoms with E-state index in [1.807, 2.05) is 54.3 Å². The summed E-state index contributed by atoms with van der Waals surface area (Å²) >= 11 is 0. The molecule has 1 aromatic carbocycles. The molecule has 4 heterocycles. The van der Waals surface area contributed by atoms with Crippen molar-refractivity contribution < 1.29 is 9.59 Å². The van der Waals surface area contributed by atoms with Crippen molar-refractivity contribution in [2.75, 3.05) is 38.5 Å². The molecule has 2 aromatic heterocycles. The van der Waals surface area contributed by atoms with Crippen molar-refractivity contribution >= 4 is 29.2 Å². The van der Waals surface area contributed by atoms with Crippen LogP contribution in [0.1, 0.15) is 27.3 Å². The maximum Gasteiger partial charge on any atom is 0.270 e. The summed E-state index contributed by atoms with van der Waals surface area (Å²) in [5.41, 5.74) is 6.44. The van der Waals surface area contributed by atoms with Crippen LogP contribution < -0.4 is 5.32 Å². The lowest BCUT2D eigenvalue weighted by Gasteiger charge is -2.32. The maximum absolute atomic E-state index is 13.0. The Morgan fingerprint density at radius 1 is 1.09 bits per heavy atom. The molecule has 3 aromatic rings. The van der Waals surface area contributed by atoms with Crippen LogP contribution in [0.3, 0.4) is 0 Å². The first-order chi connectivity index (χ1) is 15.5. The van der Waals surface area contributed by atoms with Crippen molar-refractivity contribution in [3.05, 3.63) is 71.3 Å². The zero-order valence-corrected chi connectivity index (χ0v) is 18.2. The smallest absolute Gasteiger partial charge is 0.270 e. The molecule has 2 aliphatic heterocycles. The number of hydrogen-bond acceptors (Lipinski definition) is 4. The lowest BCUT2D eigenvalue weighted by molar-refractivity contribution is -0.110. The summed E-state index contributed by atoms with van der Waals surface area (Å²) in [5, 5.41) is 2.97. The molecule has 0 aliphatic carbocycles. The van der Waals surface area contributed by atoms with Gasteiger partial charge in [-0.2, -0.15) is 0 Å². The molecule has 32 heavy (non-hydrogen) atoms. The molecule has 7 nitrogen and oxygen atoms in total. The van der Waals surface area contributed by atoms with E-state index in [-0.39, 0.29) is 11.8 Å². The number of H-pyrrole nitrogens is 1. The van der Waals surface area contributed by atoms with Crippen molar-refractivity contribution in [2.24, 2.45) is 0 Å². The van der Waals surface area contributed by atoms with Crippen molar-refractivity contribution in [2.45, 2.75) is 6.92 Å². The van der Waals surface area contributed by atoms with Gasteiger partial charge in [-0.05, 0) is 61.0 Å². The number of aromatic nitrogens is 2. The number of pyridine rings is 1. The number of nitrogens with zero attached hydrogens (tertiary/aromatic N) is 3. The Hall–Kier alpha value is -3.71. The summed E-state index contributed by atoms with van der Waals surface area (Å²) in [6.45, 7) is 5.13. The van der Waals surface area contributed by atoms with E-state index >= 15 is 0 Å². The van der Waals surface area contributed by atoms with E-state index in [4.69, 9.17) is 0 Å². The van der Waals surface area contributed by atoms with E-state index < -0.39 is 0 Å². The second kappa shape index (κ2) is 8.09. The number of rotatable bonds is 3. The van der Waals surface area contributed by atoms with Gasteiger partial charge in [0.1, 0.15) is 5.69 Å².